The second kappa shape index (κ2) is 10.1. The quantitative estimate of drug-likeness (QED) is 0.663. The smallest absolute Gasteiger partial charge is 0.255 e. The molecular weight excluding hydrogens is 342 g/mol. The normalized spacial score (nSPS) is 10.1. The van der Waals surface area contributed by atoms with Crippen LogP contribution in [0.2, 0.25) is 0 Å². The summed E-state index contributed by atoms with van der Waals surface area (Å²) < 4.78 is 0. The molecule has 0 bridgehead atoms. The van der Waals surface area contributed by atoms with Gasteiger partial charge in [0, 0.05) is 24.2 Å². The molecule has 0 aliphatic carbocycles. The summed E-state index contributed by atoms with van der Waals surface area (Å²) in [7, 11) is 0. The molecule has 0 unspecified atom stereocenters. The van der Waals surface area contributed by atoms with E-state index in [2.05, 4.69) is 16.0 Å². The third-order valence-electron chi connectivity index (χ3n) is 3.86. The SMILES string of the molecule is CCCNC(=O)c1ccccc1NC(=O)c1ccc(NC(=O)CCC)cc1. The number of hydrogen-bond donors (Lipinski definition) is 3. The van der Waals surface area contributed by atoms with Gasteiger partial charge in [0.15, 0.2) is 0 Å². The Balaban J connectivity index is 2.07. The Bertz CT molecular complexity index is 801. The number of amides is 3. The summed E-state index contributed by atoms with van der Waals surface area (Å²) in [6.45, 7) is 4.49. The first-order chi connectivity index (χ1) is 13.0. The topological polar surface area (TPSA) is 87.3 Å². The van der Waals surface area contributed by atoms with Gasteiger partial charge in [-0.1, -0.05) is 26.0 Å². The van der Waals surface area contributed by atoms with Gasteiger partial charge in [-0.2, -0.15) is 0 Å². The molecule has 2 aromatic rings. The van der Waals surface area contributed by atoms with E-state index in [9.17, 15) is 14.4 Å². The van der Waals surface area contributed by atoms with Crippen molar-refractivity contribution >= 4 is 29.1 Å². The van der Waals surface area contributed by atoms with Crippen LogP contribution in [0.3, 0.4) is 0 Å². The van der Waals surface area contributed by atoms with Crippen LogP contribution in [-0.4, -0.2) is 24.3 Å². The first-order valence-corrected chi connectivity index (χ1v) is 9.13. The van der Waals surface area contributed by atoms with Crippen LogP contribution in [0.1, 0.15) is 53.8 Å². The molecule has 2 rings (SSSR count). The van der Waals surface area contributed by atoms with E-state index in [0.29, 0.717) is 35.5 Å². The number of nitrogens with one attached hydrogen (secondary N) is 3. The highest BCUT2D eigenvalue weighted by Gasteiger charge is 2.13. The lowest BCUT2D eigenvalue weighted by atomic mass is 10.1. The monoisotopic (exact) mass is 367 g/mol. The van der Waals surface area contributed by atoms with Crippen molar-refractivity contribution in [2.24, 2.45) is 0 Å². The van der Waals surface area contributed by atoms with Crippen molar-refractivity contribution in [2.45, 2.75) is 33.1 Å². The Morgan fingerprint density at radius 2 is 1.52 bits per heavy atom. The maximum Gasteiger partial charge on any atom is 0.255 e. The zero-order valence-corrected chi connectivity index (χ0v) is 15.7. The first-order valence-electron chi connectivity index (χ1n) is 9.13. The van der Waals surface area contributed by atoms with E-state index in [1.165, 1.54) is 0 Å². The minimum Gasteiger partial charge on any atom is -0.352 e. The maximum absolute atomic E-state index is 12.5. The van der Waals surface area contributed by atoms with E-state index in [1.54, 1.807) is 48.5 Å². The number of carbonyl (C=O) groups excluding carboxylic acids is 3. The first kappa shape index (κ1) is 20.2. The standard InChI is InChI=1S/C21H25N3O3/c1-3-7-19(25)23-16-12-10-15(11-13-16)20(26)24-18-9-6-5-8-17(18)21(27)22-14-4-2/h5-6,8-13H,3-4,7,14H2,1-2H3,(H,22,27)(H,23,25)(H,24,26). The molecule has 0 saturated carbocycles. The molecule has 0 radical (unpaired) electrons. The van der Waals surface area contributed by atoms with Gasteiger partial charge in [-0.15, -0.1) is 0 Å². The average Bonchev–Trinajstić information content (AvgIpc) is 2.67. The van der Waals surface area contributed by atoms with Gasteiger partial charge in [-0.3, -0.25) is 14.4 Å². The van der Waals surface area contributed by atoms with E-state index < -0.39 is 0 Å². The molecule has 6 nitrogen and oxygen atoms in total. The number of para-hydroxylation sites is 1. The fourth-order valence-electron chi connectivity index (χ4n) is 2.47. The third kappa shape index (κ3) is 5.95. The van der Waals surface area contributed by atoms with Crippen molar-refractivity contribution in [3.63, 3.8) is 0 Å². The third-order valence-corrected chi connectivity index (χ3v) is 3.86. The number of benzene rings is 2. The van der Waals surface area contributed by atoms with E-state index in [-0.39, 0.29) is 17.7 Å². The average molecular weight is 367 g/mol. The minimum absolute atomic E-state index is 0.0540. The van der Waals surface area contributed by atoms with E-state index >= 15 is 0 Å². The van der Waals surface area contributed by atoms with Crippen molar-refractivity contribution in [2.75, 3.05) is 17.2 Å². The van der Waals surface area contributed by atoms with Crippen LogP contribution >= 0.6 is 0 Å². The highest BCUT2D eigenvalue weighted by molar-refractivity contribution is 6.09. The van der Waals surface area contributed by atoms with E-state index in [1.807, 2.05) is 13.8 Å². The molecule has 27 heavy (non-hydrogen) atoms. The molecular formula is C21H25N3O3. The molecule has 0 aliphatic rings. The Morgan fingerprint density at radius 3 is 2.19 bits per heavy atom. The molecule has 0 aromatic heterocycles. The van der Waals surface area contributed by atoms with E-state index in [0.717, 1.165) is 12.8 Å². The van der Waals surface area contributed by atoms with Gasteiger partial charge in [-0.25, -0.2) is 0 Å². The van der Waals surface area contributed by atoms with Crippen molar-refractivity contribution in [3.05, 3.63) is 59.7 Å². The van der Waals surface area contributed by atoms with Crippen molar-refractivity contribution in [1.82, 2.24) is 5.32 Å². The van der Waals surface area contributed by atoms with Crippen molar-refractivity contribution < 1.29 is 14.4 Å². The van der Waals surface area contributed by atoms with Gasteiger partial charge >= 0.3 is 0 Å². The number of anilines is 2. The van der Waals surface area contributed by atoms with Crippen LogP contribution in [0.5, 0.6) is 0 Å². The van der Waals surface area contributed by atoms with Crippen LogP contribution < -0.4 is 16.0 Å². The molecule has 0 saturated heterocycles. The maximum atomic E-state index is 12.5. The van der Waals surface area contributed by atoms with Crippen LogP contribution in [-0.2, 0) is 4.79 Å². The highest BCUT2D eigenvalue weighted by Crippen LogP contribution is 2.17. The van der Waals surface area contributed by atoms with Crippen LogP contribution in [0.25, 0.3) is 0 Å². The predicted octanol–water partition coefficient (Wildman–Crippen LogP) is 3.82. The van der Waals surface area contributed by atoms with Gasteiger partial charge in [0.25, 0.3) is 11.8 Å². The summed E-state index contributed by atoms with van der Waals surface area (Å²) in [4.78, 5) is 36.4. The lowest BCUT2D eigenvalue weighted by molar-refractivity contribution is -0.116. The van der Waals surface area contributed by atoms with Gasteiger partial charge in [0.2, 0.25) is 5.91 Å². The molecule has 0 aliphatic heterocycles. The second-order valence-electron chi connectivity index (χ2n) is 6.13. The predicted molar refractivity (Wildman–Crippen MR) is 107 cm³/mol. The van der Waals surface area contributed by atoms with Crippen LogP contribution in [0, 0.1) is 0 Å². The summed E-state index contributed by atoms with van der Waals surface area (Å²) in [5.74, 6) is -0.597. The van der Waals surface area contributed by atoms with Crippen molar-refractivity contribution in [3.8, 4) is 0 Å². The zero-order valence-electron chi connectivity index (χ0n) is 15.7. The van der Waals surface area contributed by atoms with Gasteiger partial charge in [0.05, 0.1) is 11.3 Å². The molecule has 0 fully saturated rings. The van der Waals surface area contributed by atoms with Gasteiger partial charge < -0.3 is 16.0 Å². The summed E-state index contributed by atoms with van der Waals surface area (Å²) in [6.07, 6.45) is 2.07. The van der Waals surface area contributed by atoms with Crippen LogP contribution in [0.4, 0.5) is 11.4 Å². The number of carbonyl (C=O) groups is 3. The minimum atomic E-state index is -0.322. The Hall–Kier alpha value is -3.15. The van der Waals surface area contributed by atoms with Gasteiger partial charge in [0.1, 0.15) is 0 Å². The Labute approximate surface area is 159 Å². The van der Waals surface area contributed by atoms with Crippen LogP contribution in [0.15, 0.2) is 48.5 Å². The fraction of sp³-hybridized carbons (Fsp3) is 0.286. The molecule has 3 N–H and O–H groups in total. The van der Waals surface area contributed by atoms with Crippen molar-refractivity contribution in [1.29, 1.82) is 0 Å². The lowest BCUT2D eigenvalue weighted by Crippen LogP contribution is -2.25. The largest absolute Gasteiger partial charge is 0.352 e. The molecule has 0 atom stereocenters. The summed E-state index contributed by atoms with van der Waals surface area (Å²) in [5, 5.41) is 8.36. The van der Waals surface area contributed by atoms with E-state index in [4.69, 9.17) is 0 Å². The van der Waals surface area contributed by atoms with Gasteiger partial charge in [-0.05, 0) is 49.2 Å². The molecule has 2 aromatic carbocycles. The molecule has 0 heterocycles. The summed E-state index contributed by atoms with van der Waals surface area (Å²) in [5.41, 5.74) is 1.95. The zero-order chi connectivity index (χ0) is 19.6. The lowest BCUT2D eigenvalue weighted by Gasteiger charge is -2.11. The summed E-state index contributed by atoms with van der Waals surface area (Å²) >= 11 is 0. The summed E-state index contributed by atoms with van der Waals surface area (Å²) in [6, 6.07) is 13.5. The Kier molecular flexibility index (Phi) is 7.55. The Morgan fingerprint density at radius 1 is 0.815 bits per heavy atom. The molecule has 3 amide bonds. The molecule has 6 heteroatoms. The number of hydrogen-bond acceptors (Lipinski definition) is 3. The molecule has 142 valence electrons. The second-order valence-corrected chi connectivity index (χ2v) is 6.13. The number of rotatable bonds is 8. The fourth-order valence-corrected chi connectivity index (χ4v) is 2.47. The highest BCUT2D eigenvalue weighted by atomic mass is 16.2. The molecule has 0 spiro atoms.